The van der Waals surface area contributed by atoms with Gasteiger partial charge in [0, 0.05) is 30.7 Å². The SMILES string of the molecule is C[C@@H](CC1C=C(F)C=C(F)C1)c1nc(C#CC2(O)CC(F)(F)C2)ccc1-c1ccc(Cl)c2c(N)nn(C)c12. The number of benzene rings is 1. The van der Waals surface area contributed by atoms with Crippen LogP contribution in [0.25, 0.3) is 22.0 Å². The van der Waals surface area contributed by atoms with Crippen LogP contribution in [0, 0.1) is 17.8 Å². The third kappa shape index (κ3) is 5.03. The van der Waals surface area contributed by atoms with Gasteiger partial charge in [0.25, 0.3) is 5.92 Å². The van der Waals surface area contributed by atoms with Gasteiger partial charge < -0.3 is 10.8 Å². The normalized spacial score (nSPS) is 20.7. The van der Waals surface area contributed by atoms with Gasteiger partial charge in [-0.05, 0) is 48.5 Å². The Morgan fingerprint density at radius 1 is 1.21 bits per heavy atom. The van der Waals surface area contributed by atoms with E-state index in [0.29, 0.717) is 28.0 Å². The summed E-state index contributed by atoms with van der Waals surface area (Å²) >= 11 is 6.42. The maximum atomic E-state index is 13.9. The van der Waals surface area contributed by atoms with E-state index in [1.54, 1.807) is 29.9 Å². The molecule has 3 aromatic rings. The molecular formula is C28H25ClF4N4O. The summed E-state index contributed by atoms with van der Waals surface area (Å²) in [6.45, 7) is 1.90. The lowest BCUT2D eigenvalue weighted by Crippen LogP contribution is -2.50. The molecule has 0 amide bonds. The molecular weight excluding hydrogens is 520 g/mol. The smallest absolute Gasteiger partial charge is 0.255 e. The van der Waals surface area contributed by atoms with Crippen molar-refractivity contribution in [1.82, 2.24) is 14.8 Å². The molecule has 1 fully saturated rings. The van der Waals surface area contributed by atoms with Crippen molar-refractivity contribution in [3.05, 3.63) is 64.5 Å². The maximum absolute atomic E-state index is 13.9. The fraction of sp³-hybridized carbons (Fsp3) is 0.357. The van der Waals surface area contributed by atoms with Crippen LogP contribution < -0.4 is 5.73 Å². The zero-order chi connectivity index (χ0) is 27.4. The monoisotopic (exact) mass is 544 g/mol. The number of allylic oxidation sites excluding steroid dienone is 4. The van der Waals surface area contributed by atoms with E-state index >= 15 is 0 Å². The number of aryl methyl sites for hydroxylation is 1. The van der Waals surface area contributed by atoms with E-state index in [2.05, 4.69) is 16.9 Å². The third-order valence-electron chi connectivity index (χ3n) is 6.97. The summed E-state index contributed by atoms with van der Waals surface area (Å²) in [5.41, 5.74) is 7.37. The van der Waals surface area contributed by atoms with Crippen LogP contribution in [-0.4, -0.2) is 31.4 Å². The fourth-order valence-corrected chi connectivity index (χ4v) is 5.60. The van der Waals surface area contributed by atoms with Gasteiger partial charge in [0.1, 0.15) is 22.9 Å². The van der Waals surface area contributed by atoms with Gasteiger partial charge in [0.2, 0.25) is 0 Å². The van der Waals surface area contributed by atoms with Crippen LogP contribution in [0.5, 0.6) is 0 Å². The van der Waals surface area contributed by atoms with E-state index in [9.17, 15) is 22.7 Å². The number of halogens is 5. The zero-order valence-electron chi connectivity index (χ0n) is 20.7. The van der Waals surface area contributed by atoms with Crippen LogP contribution in [0.15, 0.2) is 48.1 Å². The summed E-state index contributed by atoms with van der Waals surface area (Å²) in [7, 11) is 1.74. The standard InChI is InChI=1S/C28H25ClF4N4O/c1-15(9-16-10-17(30)12-18(31)11-16)24-20(21-5-6-22(29)23-25(21)37(2)36-26(23)34)4-3-19(35-24)7-8-27(38)13-28(32,33)14-27/h3-6,10,12,15-16,38H,9,11,13-14H2,1-2H3,(H2,34,36)/t15-,16?/m0/s1. The lowest BCUT2D eigenvalue weighted by atomic mass is 9.77. The van der Waals surface area contributed by atoms with Crippen LogP contribution in [0.3, 0.4) is 0 Å². The summed E-state index contributed by atoms with van der Waals surface area (Å²) in [5, 5.41) is 15.6. The Labute approximate surface area is 222 Å². The minimum atomic E-state index is -2.93. The van der Waals surface area contributed by atoms with Crippen LogP contribution >= 0.6 is 11.6 Å². The second-order valence-electron chi connectivity index (χ2n) is 10.2. The summed E-state index contributed by atoms with van der Waals surface area (Å²) in [5.74, 6) is 0.811. The molecule has 0 aliphatic heterocycles. The highest BCUT2D eigenvalue weighted by Crippen LogP contribution is 2.45. The number of anilines is 1. The number of alkyl halides is 2. The van der Waals surface area contributed by atoms with Gasteiger partial charge in [-0.25, -0.2) is 22.5 Å². The molecule has 2 aliphatic carbocycles. The molecule has 5 nitrogen and oxygen atoms in total. The van der Waals surface area contributed by atoms with Crippen LogP contribution in [0.1, 0.15) is 49.9 Å². The summed E-state index contributed by atoms with van der Waals surface area (Å²) < 4.78 is 56.1. The number of rotatable bonds is 4. The Balaban J connectivity index is 1.59. The van der Waals surface area contributed by atoms with E-state index in [0.717, 1.165) is 17.2 Å². The predicted octanol–water partition coefficient (Wildman–Crippen LogP) is 6.60. The van der Waals surface area contributed by atoms with E-state index < -0.39 is 36.0 Å². The highest BCUT2D eigenvalue weighted by atomic mass is 35.5. The molecule has 1 aromatic carbocycles. The van der Waals surface area contributed by atoms with Crippen molar-refractivity contribution in [1.29, 1.82) is 0 Å². The number of nitrogen functional groups attached to an aromatic ring is 1. The largest absolute Gasteiger partial charge is 0.382 e. The summed E-state index contributed by atoms with van der Waals surface area (Å²) in [6.07, 6.45) is 1.31. The minimum absolute atomic E-state index is 0.0806. The number of nitrogens with zero attached hydrogens (tertiary/aromatic N) is 3. The topological polar surface area (TPSA) is 77.0 Å². The molecule has 198 valence electrons. The number of hydrogen-bond acceptors (Lipinski definition) is 4. The quantitative estimate of drug-likeness (QED) is 0.286. The van der Waals surface area contributed by atoms with Crippen molar-refractivity contribution in [2.45, 2.75) is 50.0 Å². The molecule has 0 bridgehead atoms. The lowest BCUT2D eigenvalue weighted by Gasteiger charge is -2.39. The molecule has 3 N–H and O–H groups in total. The number of aromatic nitrogens is 3. The summed E-state index contributed by atoms with van der Waals surface area (Å²) in [6, 6.07) is 6.98. The van der Waals surface area contributed by atoms with Crippen molar-refractivity contribution < 1.29 is 22.7 Å². The minimum Gasteiger partial charge on any atom is -0.382 e. The second-order valence-corrected chi connectivity index (χ2v) is 10.6. The van der Waals surface area contributed by atoms with Gasteiger partial charge in [0.05, 0.1) is 34.5 Å². The highest BCUT2D eigenvalue weighted by Gasteiger charge is 2.55. The Kier molecular flexibility index (Phi) is 6.52. The van der Waals surface area contributed by atoms with Crippen LogP contribution in [-0.2, 0) is 7.05 Å². The highest BCUT2D eigenvalue weighted by molar-refractivity contribution is 6.37. The van der Waals surface area contributed by atoms with Crippen molar-refractivity contribution in [3.8, 4) is 23.0 Å². The lowest BCUT2D eigenvalue weighted by molar-refractivity contribution is -0.176. The first kappa shape index (κ1) is 26.3. The third-order valence-corrected chi connectivity index (χ3v) is 7.29. The fourth-order valence-electron chi connectivity index (χ4n) is 5.35. The first-order chi connectivity index (χ1) is 17.8. The Bertz CT molecular complexity index is 1560. The van der Waals surface area contributed by atoms with Crippen LogP contribution in [0.2, 0.25) is 5.02 Å². The van der Waals surface area contributed by atoms with Crippen molar-refractivity contribution in [2.24, 2.45) is 13.0 Å². The molecule has 5 rings (SSSR count). The Morgan fingerprint density at radius 2 is 1.92 bits per heavy atom. The zero-order valence-corrected chi connectivity index (χ0v) is 21.5. The molecule has 1 unspecified atom stereocenters. The van der Waals surface area contributed by atoms with E-state index in [1.165, 1.54) is 6.08 Å². The van der Waals surface area contributed by atoms with Crippen molar-refractivity contribution in [3.63, 3.8) is 0 Å². The van der Waals surface area contributed by atoms with E-state index in [-0.39, 0.29) is 29.8 Å². The van der Waals surface area contributed by atoms with E-state index in [4.69, 9.17) is 22.3 Å². The molecule has 38 heavy (non-hydrogen) atoms. The molecule has 10 heteroatoms. The summed E-state index contributed by atoms with van der Waals surface area (Å²) in [4.78, 5) is 4.73. The second kappa shape index (κ2) is 9.44. The van der Waals surface area contributed by atoms with Crippen LogP contribution in [0.4, 0.5) is 23.4 Å². The number of aliphatic hydroxyl groups is 1. The molecule has 2 heterocycles. The van der Waals surface area contributed by atoms with Gasteiger partial charge in [-0.1, -0.05) is 30.5 Å². The average molecular weight is 545 g/mol. The van der Waals surface area contributed by atoms with Gasteiger partial charge >= 0.3 is 0 Å². The molecule has 2 aliphatic rings. The molecule has 0 radical (unpaired) electrons. The average Bonchev–Trinajstić information content (AvgIpc) is 3.11. The van der Waals surface area contributed by atoms with Crippen molar-refractivity contribution >= 4 is 28.3 Å². The number of fused-ring (bicyclic) bond motifs is 1. The molecule has 2 aromatic heterocycles. The van der Waals surface area contributed by atoms with Gasteiger partial charge in [-0.2, -0.15) is 5.10 Å². The maximum Gasteiger partial charge on any atom is 0.255 e. The van der Waals surface area contributed by atoms with E-state index in [1.807, 2.05) is 13.0 Å². The Morgan fingerprint density at radius 3 is 2.61 bits per heavy atom. The number of hydrogen-bond donors (Lipinski definition) is 2. The molecule has 0 spiro atoms. The first-order valence-electron chi connectivity index (χ1n) is 12.1. The number of nitrogens with two attached hydrogens (primary N) is 1. The van der Waals surface area contributed by atoms with Gasteiger partial charge in [0.15, 0.2) is 5.82 Å². The van der Waals surface area contributed by atoms with Gasteiger partial charge in [-0.15, -0.1) is 0 Å². The molecule has 1 saturated carbocycles. The van der Waals surface area contributed by atoms with Crippen molar-refractivity contribution in [2.75, 3.05) is 5.73 Å². The first-order valence-corrected chi connectivity index (χ1v) is 12.5. The Hall–Kier alpha value is -3.35. The molecule has 0 saturated heterocycles. The molecule has 2 atom stereocenters. The predicted molar refractivity (Wildman–Crippen MR) is 139 cm³/mol. The number of pyridine rings is 1. The van der Waals surface area contributed by atoms with Gasteiger partial charge in [-0.3, -0.25) is 4.68 Å².